The van der Waals surface area contributed by atoms with E-state index in [0.717, 1.165) is 0 Å². The fourth-order valence-corrected chi connectivity index (χ4v) is 1.96. The zero-order valence-electron chi connectivity index (χ0n) is 8.70. The van der Waals surface area contributed by atoms with Crippen molar-refractivity contribution in [2.45, 2.75) is 6.10 Å². The first-order valence-electron chi connectivity index (χ1n) is 4.96. The van der Waals surface area contributed by atoms with Crippen molar-refractivity contribution in [3.63, 3.8) is 0 Å². The molecule has 4 heteroatoms. The summed E-state index contributed by atoms with van der Waals surface area (Å²) < 4.78 is 27.2. The Morgan fingerprint density at radius 1 is 1.06 bits per heavy atom. The number of rotatable bonds is 2. The Bertz CT molecular complexity index is 543. The van der Waals surface area contributed by atoms with Gasteiger partial charge < -0.3 is 5.11 Å². The monoisotopic (exact) mass is 298 g/mol. The Labute approximate surface area is 106 Å². The van der Waals surface area contributed by atoms with Crippen molar-refractivity contribution in [1.82, 2.24) is 0 Å². The van der Waals surface area contributed by atoms with Crippen LogP contribution in [0.2, 0.25) is 0 Å². The molecule has 0 aliphatic carbocycles. The first-order chi connectivity index (χ1) is 8.08. The molecule has 0 fully saturated rings. The van der Waals surface area contributed by atoms with Crippen molar-refractivity contribution in [2.24, 2.45) is 0 Å². The predicted octanol–water partition coefficient (Wildman–Crippen LogP) is 3.81. The Morgan fingerprint density at radius 2 is 1.82 bits per heavy atom. The minimum atomic E-state index is -1.18. The molecule has 88 valence electrons. The number of hydrogen-bond acceptors (Lipinski definition) is 1. The molecule has 0 radical (unpaired) electrons. The molecular weight excluding hydrogens is 290 g/mol. The van der Waals surface area contributed by atoms with Gasteiger partial charge in [-0.3, -0.25) is 0 Å². The van der Waals surface area contributed by atoms with Crippen LogP contribution in [0.1, 0.15) is 17.2 Å². The molecule has 0 aromatic heterocycles. The molecule has 0 saturated carbocycles. The van der Waals surface area contributed by atoms with Gasteiger partial charge in [-0.1, -0.05) is 28.1 Å². The molecule has 2 rings (SSSR count). The highest BCUT2D eigenvalue weighted by Gasteiger charge is 2.15. The van der Waals surface area contributed by atoms with Gasteiger partial charge in [0.2, 0.25) is 0 Å². The molecule has 1 unspecified atom stereocenters. The van der Waals surface area contributed by atoms with Crippen LogP contribution >= 0.6 is 15.9 Å². The van der Waals surface area contributed by atoms with Crippen molar-refractivity contribution in [2.75, 3.05) is 0 Å². The molecule has 1 nitrogen and oxygen atoms in total. The van der Waals surface area contributed by atoms with E-state index in [4.69, 9.17) is 0 Å². The van der Waals surface area contributed by atoms with E-state index >= 15 is 0 Å². The third-order valence-corrected chi connectivity index (χ3v) is 2.91. The van der Waals surface area contributed by atoms with Gasteiger partial charge in [-0.25, -0.2) is 8.78 Å². The Kier molecular flexibility index (Phi) is 3.54. The zero-order valence-corrected chi connectivity index (χ0v) is 10.3. The third kappa shape index (κ3) is 2.70. The van der Waals surface area contributed by atoms with Gasteiger partial charge in [0.15, 0.2) is 0 Å². The largest absolute Gasteiger partial charge is 0.384 e. The standard InChI is InChI=1S/C13H9BrF2O/c14-9-4-5-12(16)11(7-9)13(17)8-2-1-3-10(15)6-8/h1-7,13,17H. The van der Waals surface area contributed by atoms with E-state index < -0.39 is 17.7 Å². The van der Waals surface area contributed by atoms with Gasteiger partial charge in [-0.05, 0) is 35.9 Å². The fraction of sp³-hybridized carbons (Fsp3) is 0.0769. The highest BCUT2D eigenvalue weighted by atomic mass is 79.9. The first-order valence-corrected chi connectivity index (χ1v) is 5.75. The van der Waals surface area contributed by atoms with Gasteiger partial charge in [0.05, 0.1) is 0 Å². The second-order valence-electron chi connectivity index (χ2n) is 3.62. The molecule has 0 spiro atoms. The summed E-state index contributed by atoms with van der Waals surface area (Å²) >= 11 is 3.20. The van der Waals surface area contributed by atoms with E-state index in [9.17, 15) is 13.9 Å². The van der Waals surface area contributed by atoms with Crippen LogP contribution in [0.5, 0.6) is 0 Å². The molecule has 0 aliphatic rings. The maximum atomic E-state index is 13.5. The molecular formula is C13H9BrF2O. The van der Waals surface area contributed by atoms with Crippen LogP contribution in [0.25, 0.3) is 0 Å². The van der Waals surface area contributed by atoms with Gasteiger partial charge in [0.25, 0.3) is 0 Å². The van der Waals surface area contributed by atoms with E-state index in [1.165, 1.54) is 36.4 Å². The van der Waals surface area contributed by atoms with Crippen LogP contribution in [0, 0.1) is 11.6 Å². The molecule has 0 aliphatic heterocycles. The minimum Gasteiger partial charge on any atom is -0.384 e. The van der Waals surface area contributed by atoms with Gasteiger partial charge in [-0.15, -0.1) is 0 Å². The number of aliphatic hydroxyl groups excluding tert-OH is 1. The summed E-state index contributed by atoms with van der Waals surface area (Å²) in [4.78, 5) is 0. The number of halogens is 3. The topological polar surface area (TPSA) is 20.2 Å². The van der Waals surface area contributed by atoms with Gasteiger partial charge in [0.1, 0.15) is 17.7 Å². The summed E-state index contributed by atoms with van der Waals surface area (Å²) in [6.45, 7) is 0. The second-order valence-corrected chi connectivity index (χ2v) is 4.54. The Balaban J connectivity index is 2.43. The molecule has 0 saturated heterocycles. The average Bonchev–Trinajstić information content (AvgIpc) is 2.31. The average molecular weight is 299 g/mol. The molecule has 2 aromatic rings. The van der Waals surface area contributed by atoms with Crippen LogP contribution in [0.15, 0.2) is 46.9 Å². The van der Waals surface area contributed by atoms with Gasteiger partial charge in [0, 0.05) is 10.0 Å². The van der Waals surface area contributed by atoms with Crippen LogP contribution in [0.4, 0.5) is 8.78 Å². The Morgan fingerprint density at radius 3 is 2.53 bits per heavy atom. The summed E-state index contributed by atoms with van der Waals surface area (Å²) in [5.74, 6) is -0.984. The maximum Gasteiger partial charge on any atom is 0.129 e. The van der Waals surface area contributed by atoms with Crippen LogP contribution in [0.3, 0.4) is 0 Å². The summed E-state index contributed by atoms with van der Waals surface area (Å²) in [5.41, 5.74) is 0.437. The Hall–Kier alpha value is -1.26. The van der Waals surface area contributed by atoms with Crippen LogP contribution in [-0.2, 0) is 0 Å². The van der Waals surface area contributed by atoms with E-state index in [2.05, 4.69) is 15.9 Å². The summed E-state index contributed by atoms with van der Waals surface area (Å²) in [5, 5.41) is 9.99. The molecule has 2 aromatic carbocycles. The lowest BCUT2D eigenvalue weighted by Crippen LogP contribution is -2.03. The minimum absolute atomic E-state index is 0.116. The predicted molar refractivity (Wildman–Crippen MR) is 64.6 cm³/mol. The van der Waals surface area contributed by atoms with Crippen molar-refractivity contribution in [3.8, 4) is 0 Å². The summed E-state index contributed by atoms with van der Waals surface area (Å²) in [6.07, 6.45) is -1.18. The second kappa shape index (κ2) is 4.94. The van der Waals surface area contributed by atoms with Gasteiger partial charge >= 0.3 is 0 Å². The lowest BCUT2D eigenvalue weighted by atomic mass is 10.0. The van der Waals surface area contributed by atoms with E-state index in [1.807, 2.05) is 0 Å². The first kappa shape index (κ1) is 12.2. The molecule has 0 heterocycles. The fourth-order valence-electron chi connectivity index (χ4n) is 1.58. The van der Waals surface area contributed by atoms with E-state index in [-0.39, 0.29) is 5.56 Å². The molecule has 0 bridgehead atoms. The summed E-state index contributed by atoms with van der Waals surface area (Å²) in [6, 6.07) is 9.75. The van der Waals surface area contributed by atoms with E-state index in [1.54, 1.807) is 6.07 Å². The van der Waals surface area contributed by atoms with Crippen molar-refractivity contribution >= 4 is 15.9 Å². The third-order valence-electron chi connectivity index (χ3n) is 2.42. The number of hydrogen-bond donors (Lipinski definition) is 1. The normalized spacial score (nSPS) is 12.5. The summed E-state index contributed by atoms with van der Waals surface area (Å²) in [7, 11) is 0. The SMILES string of the molecule is OC(c1cccc(F)c1)c1cc(Br)ccc1F. The zero-order chi connectivity index (χ0) is 12.4. The molecule has 1 atom stereocenters. The van der Waals surface area contributed by atoms with Crippen molar-refractivity contribution in [1.29, 1.82) is 0 Å². The van der Waals surface area contributed by atoms with Gasteiger partial charge in [-0.2, -0.15) is 0 Å². The van der Waals surface area contributed by atoms with E-state index in [0.29, 0.717) is 10.0 Å². The smallest absolute Gasteiger partial charge is 0.129 e. The molecule has 0 amide bonds. The maximum absolute atomic E-state index is 13.5. The lowest BCUT2D eigenvalue weighted by molar-refractivity contribution is 0.214. The molecule has 17 heavy (non-hydrogen) atoms. The van der Waals surface area contributed by atoms with Crippen molar-refractivity contribution < 1.29 is 13.9 Å². The highest BCUT2D eigenvalue weighted by molar-refractivity contribution is 9.10. The van der Waals surface area contributed by atoms with Crippen molar-refractivity contribution in [3.05, 3.63) is 69.7 Å². The molecule has 1 N–H and O–H groups in total. The highest BCUT2D eigenvalue weighted by Crippen LogP contribution is 2.27. The van der Waals surface area contributed by atoms with Crippen LogP contribution < -0.4 is 0 Å². The van der Waals surface area contributed by atoms with Crippen LogP contribution in [-0.4, -0.2) is 5.11 Å². The lowest BCUT2D eigenvalue weighted by Gasteiger charge is -2.12. The number of benzene rings is 2. The number of aliphatic hydroxyl groups is 1. The quantitative estimate of drug-likeness (QED) is 0.894.